The number of hydrogen-bond acceptors (Lipinski definition) is 3. The highest BCUT2D eigenvalue weighted by Crippen LogP contribution is 2.30. The van der Waals surface area contributed by atoms with Crippen molar-refractivity contribution in [1.82, 2.24) is 0 Å². The van der Waals surface area contributed by atoms with E-state index in [4.69, 9.17) is 27.0 Å². The van der Waals surface area contributed by atoms with Crippen LogP contribution in [0.1, 0.15) is 5.56 Å². The summed E-state index contributed by atoms with van der Waals surface area (Å²) < 4.78 is 42.2. The summed E-state index contributed by atoms with van der Waals surface area (Å²) in [5.74, 6) is -0.376. The van der Waals surface area contributed by atoms with Crippen molar-refractivity contribution in [1.29, 1.82) is 0 Å². The Morgan fingerprint density at radius 1 is 1.19 bits per heavy atom. The summed E-state index contributed by atoms with van der Waals surface area (Å²) in [5, 5.41) is 0.218. The lowest BCUT2D eigenvalue weighted by atomic mass is 10.2. The Kier molecular flexibility index (Phi) is 5.14. The normalized spacial score (nSPS) is 11.4. The second-order valence-electron chi connectivity index (χ2n) is 4.10. The van der Waals surface area contributed by atoms with Crippen LogP contribution in [0.2, 0.25) is 5.02 Å². The van der Waals surface area contributed by atoms with Crippen LogP contribution in [0.25, 0.3) is 0 Å². The van der Waals surface area contributed by atoms with Gasteiger partial charge in [0.25, 0.3) is 9.05 Å². The van der Waals surface area contributed by atoms with E-state index in [1.165, 1.54) is 30.3 Å². The zero-order chi connectivity index (χ0) is 15.6. The third kappa shape index (κ3) is 4.57. The number of ether oxygens (including phenoxy) is 1. The van der Waals surface area contributed by atoms with Gasteiger partial charge < -0.3 is 4.74 Å². The lowest BCUT2D eigenvalue weighted by molar-refractivity contribution is 0.297. The molecule has 2 rings (SSSR count). The van der Waals surface area contributed by atoms with Gasteiger partial charge in [0.1, 0.15) is 23.1 Å². The topological polar surface area (TPSA) is 43.4 Å². The van der Waals surface area contributed by atoms with Crippen molar-refractivity contribution in [2.75, 3.05) is 0 Å². The molecule has 0 heterocycles. The van der Waals surface area contributed by atoms with E-state index in [-0.39, 0.29) is 22.3 Å². The molecule has 112 valence electrons. The third-order valence-corrected chi connectivity index (χ3v) is 4.52. The molecule has 3 nitrogen and oxygen atoms in total. The minimum atomic E-state index is -4.00. The van der Waals surface area contributed by atoms with Crippen LogP contribution in [0.4, 0.5) is 4.39 Å². The molecule has 0 aliphatic rings. The number of hydrogen-bond donors (Lipinski definition) is 0. The summed E-state index contributed by atoms with van der Waals surface area (Å²) in [6, 6.07) is 8.32. The Bertz CT molecular complexity index is 761. The van der Waals surface area contributed by atoms with Crippen LogP contribution in [-0.2, 0) is 15.7 Å². The van der Waals surface area contributed by atoms with Crippen molar-refractivity contribution in [2.45, 2.75) is 11.5 Å². The van der Waals surface area contributed by atoms with E-state index in [0.717, 1.165) is 0 Å². The molecular formula is C13H8BrCl2FO3S. The molecule has 0 N–H and O–H groups in total. The van der Waals surface area contributed by atoms with Gasteiger partial charge in [0.2, 0.25) is 0 Å². The van der Waals surface area contributed by atoms with Gasteiger partial charge in [-0.2, -0.15) is 0 Å². The molecule has 2 aromatic rings. The van der Waals surface area contributed by atoms with E-state index in [9.17, 15) is 12.8 Å². The molecule has 0 atom stereocenters. The van der Waals surface area contributed by atoms with E-state index >= 15 is 0 Å². The summed E-state index contributed by atoms with van der Waals surface area (Å²) in [6.07, 6.45) is 0. The van der Waals surface area contributed by atoms with E-state index < -0.39 is 14.9 Å². The van der Waals surface area contributed by atoms with Crippen molar-refractivity contribution >= 4 is 47.3 Å². The molecule has 0 fully saturated rings. The first kappa shape index (κ1) is 16.5. The molecule has 0 amide bonds. The highest BCUT2D eigenvalue weighted by atomic mass is 79.9. The van der Waals surface area contributed by atoms with Crippen molar-refractivity contribution in [3.63, 3.8) is 0 Å². The number of benzene rings is 2. The van der Waals surface area contributed by atoms with Crippen molar-refractivity contribution in [3.05, 3.63) is 57.3 Å². The van der Waals surface area contributed by atoms with Gasteiger partial charge in [0.05, 0.1) is 0 Å². The molecule has 8 heteroatoms. The maximum Gasteiger partial charge on any atom is 0.265 e. The fraction of sp³-hybridized carbons (Fsp3) is 0.0769. The summed E-state index contributed by atoms with van der Waals surface area (Å²) in [6.45, 7) is -0.0165. The minimum Gasteiger partial charge on any atom is -0.487 e. The second-order valence-corrected chi connectivity index (χ2v) is 7.98. The lowest BCUT2D eigenvalue weighted by Gasteiger charge is -2.10. The van der Waals surface area contributed by atoms with Crippen LogP contribution < -0.4 is 4.74 Å². The van der Waals surface area contributed by atoms with E-state index in [1.807, 2.05) is 0 Å². The van der Waals surface area contributed by atoms with Gasteiger partial charge in [0, 0.05) is 20.2 Å². The maximum absolute atomic E-state index is 13.3. The van der Waals surface area contributed by atoms with Gasteiger partial charge in [-0.15, -0.1) is 0 Å². The highest BCUT2D eigenvalue weighted by Gasteiger charge is 2.17. The Morgan fingerprint density at radius 3 is 2.52 bits per heavy atom. The predicted molar refractivity (Wildman–Crippen MR) is 82.9 cm³/mol. The third-order valence-electron chi connectivity index (χ3n) is 2.49. The van der Waals surface area contributed by atoms with Gasteiger partial charge in [-0.1, -0.05) is 27.5 Å². The molecule has 0 bridgehead atoms. The maximum atomic E-state index is 13.3. The molecule has 0 saturated carbocycles. The number of halogens is 4. The first-order valence-electron chi connectivity index (χ1n) is 5.58. The van der Waals surface area contributed by atoms with Crippen LogP contribution in [-0.4, -0.2) is 8.42 Å². The molecule has 0 unspecified atom stereocenters. The monoisotopic (exact) mass is 412 g/mol. The van der Waals surface area contributed by atoms with E-state index in [1.54, 1.807) is 6.07 Å². The molecule has 0 aromatic heterocycles. The van der Waals surface area contributed by atoms with Crippen molar-refractivity contribution < 1.29 is 17.5 Å². The Hall–Kier alpha value is -0.820. The molecule has 0 radical (unpaired) electrons. The molecule has 21 heavy (non-hydrogen) atoms. The number of rotatable bonds is 4. The smallest absolute Gasteiger partial charge is 0.265 e. The molecule has 0 aliphatic carbocycles. The van der Waals surface area contributed by atoms with E-state index in [0.29, 0.717) is 10.0 Å². The van der Waals surface area contributed by atoms with Crippen LogP contribution in [0.5, 0.6) is 5.75 Å². The minimum absolute atomic E-state index is 0.0165. The lowest BCUT2D eigenvalue weighted by Crippen LogP contribution is -2.01. The first-order chi connectivity index (χ1) is 9.75. The average Bonchev–Trinajstić information content (AvgIpc) is 2.35. The quantitative estimate of drug-likeness (QED) is 0.679. The summed E-state index contributed by atoms with van der Waals surface area (Å²) in [7, 11) is 1.34. The average molecular weight is 414 g/mol. The Balaban J connectivity index is 2.28. The van der Waals surface area contributed by atoms with Crippen LogP contribution >= 0.6 is 38.2 Å². The zero-order valence-corrected chi connectivity index (χ0v) is 14.2. The molecule has 0 aliphatic heterocycles. The molecule has 0 spiro atoms. The fourth-order valence-corrected chi connectivity index (χ4v) is 3.39. The van der Waals surface area contributed by atoms with Crippen LogP contribution in [0, 0.1) is 5.82 Å². The largest absolute Gasteiger partial charge is 0.487 e. The zero-order valence-electron chi connectivity index (χ0n) is 10.3. The fourth-order valence-electron chi connectivity index (χ4n) is 1.65. The van der Waals surface area contributed by atoms with Gasteiger partial charge in [-0.3, -0.25) is 0 Å². The Labute approximate surface area is 139 Å². The summed E-state index contributed by atoms with van der Waals surface area (Å²) in [5.41, 5.74) is 0.537. The van der Waals surface area contributed by atoms with Crippen LogP contribution in [0.3, 0.4) is 0 Å². The predicted octanol–water partition coefficient (Wildman–Crippen LogP) is 4.75. The first-order valence-corrected chi connectivity index (χ1v) is 9.06. The van der Waals surface area contributed by atoms with Crippen LogP contribution in [0.15, 0.2) is 45.8 Å². The van der Waals surface area contributed by atoms with Gasteiger partial charge >= 0.3 is 0 Å². The van der Waals surface area contributed by atoms with Gasteiger partial charge in [-0.05, 0) is 42.0 Å². The summed E-state index contributed by atoms with van der Waals surface area (Å²) in [4.78, 5) is -0.230. The SMILES string of the molecule is O=S(=O)(Cl)c1cc(Cl)ccc1OCc1cc(F)cc(Br)c1. The molecule has 2 aromatic carbocycles. The molecular weight excluding hydrogens is 406 g/mol. The summed E-state index contributed by atoms with van der Waals surface area (Å²) >= 11 is 8.91. The molecule has 0 saturated heterocycles. The second kappa shape index (κ2) is 6.52. The van der Waals surface area contributed by atoms with Gasteiger partial charge in [0.15, 0.2) is 0 Å². The van der Waals surface area contributed by atoms with Crippen molar-refractivity contribution in [3.8, 4) is 5.75 Å². The van der Waals surface area contributed by atoms with Gasteiger partial charge in [-0.25, -0.2) is 12.8 Å². The Morgan fingerprint density at radius 2 is 1.90 bits per heavy atom. The van der Waals surface area contributed by atoms with E-state index in [2.05, 4.69) is 15.9 Å². The standard InChI is InChI=1S/C13H8BrCl2FO3S/c14-9-3-8(4-11(17)5-9)7-20-12-2-1-10(15)6-13(12)21(16,18)19/h1-6H,7H2. The highest BCUT2D eigenvalue weighted by molar-refractivity contribution is 9.10. The van der Waals surface area contributed by atoms with Crippen molar-refractivity contribution in [2.24, 2.45) is 0 Å².